The number of amides is 2. The van der Waals surface area contributed by atoms with Crippen molar-refractivity contribution in [2.45, 2.75) is 6.92 Å². The van der Waals surface area contributed by atoms with Gasteiger partial charge in [-0.05, 0) is 31.2 Å². The van der Waals surface area contributed by atoms with Crippen LogP contribution in [0.4, 0.5) is 11.6 Å². The normalized spacial score (nSPS) is 10.1. The minimum Gasteiger partial charge on any atom is -0.462 e. The highest BCUT2D eigenvalue weighted by Gasteiger charge is 2.19. The molecule has 0 aliphatic heterocycles. The highest BCUT2D eigenvalue weighted by molar-refractivity contribution is 6.14. The molecule has 2 rings (SSSR count). The first-order valence-electron chi connectivity index (χ1n) is 7.77. The Balaban J connectivity index is 2.28. The number of hydrogen-bond acceptors (Lipinski definition) is 8. The summed E-state index contributed by atoms with van der Waals surface area (Å²) in [5.74, 6) is -2.78. The number of primary amides is 1. The number of aromatic nitrogens is 1. The van der Waals surface area contributed by atoms with Crippen LogP contribution in [0.5, 0.6) is 0 Å². The van der Waals surface area contributed by atoms with Crippen LogP contribution in [0.2, 0.25) is 0 Å². The summed E-state index contributed by atoms with van der Waals surface area (Å²) < 4.78 is 4.87. The van der Waals surface area contributed by atoms with Gasteiger partial charge in [0.1, 0.15) is 23.0 Å². The molecule has 0 spiro atoms. The van der Waals surface area contributed by atoms with Crippen molar-refractivity contribution in [3.05, 3.63) is 52.6 Å². The van der Waals surface area contributed by atoms with Crippen molar-refractivity contribution in [2.75, 3.05) is 18.1 Å². The first-order valence-corrected chi connectivity index (χ1v) is 7.77. The highest BCUT2D eigenvalue weighted by atomic mass is 16.5. The fraction of sp³-hybridized carbons (Fsp3) is 0.118. The predicted octanol–water partition coefficient (Wildman–Crippen LogP) is 0.277. The fourth-order valence-corrected chi connectivity index (χ4v) is 2.18. The third-order valence-corrected chi connectivity index (χ3v) is 3.49. The van der Waals surface area contributed by atoms with Crippen LogP contribution in [0.1, 0.15) is 43.6 Å². The number of amidine groups is 1. The molecule has 2 aromatic rings. The third kappa shape index (κ3) is 4.37. The average molecular weight is 370 g/mol. The maximum atomic E-state index is 12.3. The highest BCUT2D eigenvalue weighted by Crippen LogP contribution is 2.18. The summed E-state index contributed by atoms with van der Waals surface area (Å²) in [6, 6.07) is 6.90. The summed E-state index contributed by atoms with van der Waals surface area (Å²) in [6.45, 7) is 1.75. The van der Waals surface area contributed by atoms with Gasteiger partial charge in [-0.15, -0.1) is 0 Å². The second-order valence-electron chi connectivity index (χ2n) is 5.35. The molecule has 140 valence electrons. The number of ether oxygens (including phenoxy) is 1. The molecule has 0 aliphatic carbocycles. The van der Waals surface area contributed by atoms with Crippen molar-refractivity contribution >= 4 is 35.3 Å². The maximum absolute atomic E-state index is 12.3. The molecule has 0 bridgehead atoms. The van der Waals surface area contributed by atoms with Gasteiger partial charge in [-0.25, -0.2) is 9.78 Å². The largest absolute Gasteiger partial charge is 0.462 e. The number of benzene rings is 1. The second kappa shape index (κ2) is 7.95. The summed E-state index contributed by atoms with van der Waals surface area (Å²) in [6.07, 6.45) is 0. The van der Waals surface area contributed by atoms with E-state index in [0.29, 0.717) is 0 Å². The number of hydrogen-bond donors (Lipinski definition) is 5. The molecule has 10 nitrogen and oxygen atoms in total. The molecule has 1 aromatic heterocycles. The Bertz CT molecular complexity index is 941. The van der Waals surface area contributed by atoms with E-state index in [2.05, 4.69) is 10.3 Å². The molecular weight excluding hydrogens is 352 g/mol. The van der Waals surface area contributed by atoms with Crippen molar-refractivity contribution in [3.8, 4) is 0 Å². The van der Waals surface area contributed by atoms with Gasteiger partial charge in [0.05, 0.1) is 12.2 Å². The molecule has 0 radical (unpaired) electrons. The third-order valence-electron chi connectivity index (χ3n) is 3.49. The number of nitrogen functional groups attached to an aromatic ring is 2. The lowest BCUT2D eigenvalue weighted by Crippen LogP contribution is -2.32. The van der Waals surface area contributed by atoms with Crippen LogP contribution < -0.4 is 22.5 Å². The lowest BCUT2D eigenvalue weighted by atomic mass is 10.1. The minimum absolute atomic E-state index is 0.00772. The monoisotopic (exact) mass is 370 g/mol. The van der Waals surface area contributed by atoms with Gasteiger partial charge in [0.15, 0.2) is 0 Å². The zero-order valence-electron chi connectivity index (χ0n) is 14.4. The first kappa shape index (κ1) is 19.4. The molecule has 0 fully saturated rings. The molecule has 0 aliphatic rings. The standard InChI is InChI=1S/C17H18N6O4/c1-2-27-17(26)11-7-10(12(18)22-14(11)20)13(19)23-16(25)9-5-3-4-8(6-9)15(21)24/h3-7H,2H2,1H3,(H2,21,24)(H4,18,20,22)(H2,19,23,25). The zero-order chi connectivity index (χ0) is 20.1. The molecule has 27 heavy (non-hydrogen) atoms. The van der Waals surface area contributed by atoms with Crippen LogP contribution in [0.15, 0.2) is 30.3 Å². The van der Waals surface area contributed by atoms with Gasteiger partial charge < -0.3 is 27.3 Å². The molecule has 8 N–H and O–H groups in total. The van der Waals surface area contributed by atoms with E-state index in [1.54, 1.807) is 6.92 Å². The van der Waals surface area contributed by atoms with E-state index >= 15 is 0 Å². The zero-order valence-corrected chi connectivity index (χ0v) is 14.4. The number of rotatable bonds is 5. The summed E-state index contributed by atoms with van der Waals surface area (Å²) >= 11 is 0. The van der Waals surface area contributed by atoms with Gasteiger partial charge in [-0.2, -0.15) is 0 Å². The number of esters is 1. The van der Waals surface area contributed by atoms with E-state index in [4.69, 9.17) is 27.3 Å². The Hall–Kier alpha value is -3.95. The fourth-order valence-electron chi connectivity index (χ4n) is 2.18. The van der Waals surface area contributed by atoms with Crippen LogP contribution in [-0.2, 0) is 4.74 Å². The van der Waals surface area contributed by atoms with Gasteiger partial charge in [0, 0.05) is 11.1 Å². The number of carbonyl (C=O) groups excluding carboxylic acids is 3. The minimum atomic E-state index is -0.725. The molecule has 0 unspecified atom stereocenters. The van der Waals surface area contributed by atoms with E-state index in [1.165, 1.54) is 30.3 Å². The van der Waals surface area contributed by atoms with Crippen molar-refractivity contribution in [2.24, 2.45) is 5.73 Å². The van der Waals surface area contributed by atoms with Gasteiger partial charge in [-0.3, -0.25) is 15.0 Å². The van der Waals surface area contributed by atoms with Gasteiger partial charge >= 0.3 is 5.97 Å². The number of nitrogens with zero attached hydrogens (tertiary/aromatic N) is 1. The van der Waals surface area contributed by atoms with Gasteiger partial charge in [0.25, 0.3) is 5.91 Å². The van der Waals surface area contributed by atoms with Crippen molar-refractivity contribution < 1.29 is 19.1 Å². The van der Waals surface area contributed by atoms with Crippen molar-refractivity contribution in [1.82, 2.24) is 10.3 Å². The van der Waals surface area contributed by atoms with Gasteiger partial charge in [-0.1, -0.05) is 6.07 Å². The van der Waals surface area contributed by atoms with Crippen LogP contribution in [0, 0.1) is 5.41 Å². The maximum Gasteiger partial charge on any atom is 0.341 e. The number of pyridine rings is 1. The number of anilines is 2. The van der Waals surface area contributed by atoms with Crippen LogP contribution >= 0.6 is 0 Å². The van der Waals surface area contributed by atoms with Crippen LogP contribution in [-0.4, -0.2) is 35.2 Å². The van der Waals surface area contributed by atoms with E-state index in [9.17, 15) is 14.4 Å². The SMILES string of the molecule is CCOC(=O)c1cc(C(=N)NC(=O)c2cccc(C(N)=O)c2)c(N)nc1N. The molecule has 2 amide bonds. The average Bonchev–Trinajstić information content (AvgIpc) is 2.61. The topological polar surface area (TPSA) is 187 Å². The molecule has 0 saturated heterocycles. The summed E-state index contributed by atoms with van der Waals surface area (Å²) in [7, 11) is 0. The number of carbonyl (C=O) groups is 3. The second-order valence-corrected chi connectivity index (χ2v) is 5.35. The van der Waals surface area contributed by atoms with E-state index < -0.39 is 23.6 Å². The molecule has 0 saturated carbocycles. The lowest BCUT2D eigenvalue weighted by Gasteiger charge is -2.12. The van der Waals surface area contributed by atoms with Crippen LogP contribution in [0.3, 0.4) is 0 Å². The molecule has 10 heteroatoms. The summed E-state index contributed by atoms with van der Waals surface area (Å²) in [5.41, 5.74) is 16.8. The van der Waals surface area contributed by atoms with Gasteiger partial charge in [0.2, 0.25) is 5.91 Å². The molecule has 1 aromatic carbocycles. The molecule has 1 heterocycles. The number of nitrogens with two attached hydrogens (primary N) is 3. The Labute approximate surface area is 154 Å². The van der Waals surface area contributed by atoms with E-state index in [-0.39, 0.29) is 40.5 Å². The summed E-state index contributed by atoms with van der Waals surface area (Å²) in [4.78, 5) is 39.3. The Kier molecular flexibility index (Phi) is 5.71. The van der Waals surface area contributed by atoms with Crippen molar-refractivity contribution in [1.29, 1.82) is 5.41 Å². The van der Waals surface area contributed by atoms with Crippen LogP contribution in [0.25, 0.3) is 0 Å². The van der Waals surface area contributed by atoms with Crippen molar-refractivity contribution in [3.63, 3.8) is 0 Å². The Morgan fingerprint density at radius 1 is 1.11 bits per heavy atom. The smallest absolute Gasteiger partial charge is 0.341 e. The first-order chi connectivity index (χ1) is 12.7. The lowest BCUT2D eigenvalue weighted by molar-refractivity contribution is 0.0527. The van der Waals surface area contributed by atoms with E-state index in [0.717, 1.165) is 0 Å². The number of nitrogens with one attached hydrogen (secondary N) is 2. The Morgan fingerprint density at radius 2 is 1.74 bits per heavy atom. The Morgan fingerprint density at radius 3 is 2.37 bits per heavy atom. The summed E-state index contributed by atoms with van der Waals surface area (Å²) in [5, 5.41) is 10.4. The molecular formula is C17H18N6O4. The molecule has 0 atom stereocenters. The van der Waals surface area contributed by atoms with E-state index in [1.807, 2.05) is 0 Å². The predicted molar refractivity (Wildman–Crippen MR) is 98.3 cm³/mol. The quantitative estimate of drug-likeness (QED) is 0.284.